The molecule has 170 valence electrons. The number of hydrogen-bond acceptors (Lipinski definition) is 5. The summed E-state index contributed by atoms with van der Waals surface area (Å²) >= 11 is 3.55. The van der Waals surface area contributed by atoms with Crippen LogP contribution in [0.4, 0.5) is 10.2 Å². The minimum atomic E-state index is -1.34. The van der Waals surface area contributed by atoms with Crippen LogP contribution in [-0.4, -0.2) is 41.2 Å². The van der Waals surface area contributed by atoms with E-state index < -0.39 is 11.0 Å². The molecule has 1 aliphatic rings. The molecular formula is C23H22BrFN6OS. The molecule has 0 bridgehead atoms. The number of benzene rings is 1. The molecule has 0 aliphatic carbocycles. The molecule has 2 atom stereocenters. The molecule has 7 nitrogen and oxygen atoms in total. The highest BCUT2D eigenvalue weighted by molar-refractivity contribution is 9.10. The van der Waals surface area contributed by atoms with Crippen LogP contribution in [0.5, 0.6) is 0 Å². The van der Waals surface area contributed by atoms with Gasteiger partial charge in [-0.25, -0.2) is 17.9 Å². The fourth-order valence-electron chi connectivity index (χ4n) is 4.02. The van der Waals surface area contributed by atoms with Gasteiger partial charge in [-0.1, -0.05) is 6.07 Å². The second-order valence-corrected chi connectivity index (χ2v) is 10.3. The van der Waals surface area contributed by atoms with E-state index >= 15 is 0 Å². The van der Waals surface area contributed by atoms with Crippen molar-refractivity contribution in [3.63, 3.8) is 0 Å². The van der Waals surface area contributed by atoms with Gasteiger partial charge in [0.1, 0.15) is 22.6 Å². The summed E-state index contributed by atoms with van der Waals surface area (Å²) in [6, 6.07) is 11.8. The molecule has 0 saturated carbocycles. The highest BCUT2D eigenvalue weighted by Crippen LogP contribution is 2.31. The Labute approximate surface area is 201 Å². The molecule has 4 heterocycles. The van der Waals surface area contributed by atoms with E-state index in [-0.39, 0.29) is 11.7 Å². The second-order valence-electron chi connectivity index (χ2n) is 7.94. The molecule has 0 amide bonds. The minimum absolute atomic E-state index is 0.119. The second kappa shape index (κ2) is 9.66. The van der Waals surface area contributed by atoms with Crippen LogP contribution in [0.3, 0.4) is 0 Å². The Balaban J connectivity index is 1.40. The number of rotatable bonds is 6. The van der Waals surface area contributed by atoms with Crippen LogP contribution >= 0.6 is 15.9 Å². The lowest BCUT2D eigenvalue weighted by Gasteiger charge is -2.31. The number of piperidine rings is 1. The van der Waals surface area contributed by atoms with Crippen molar-refractivity contribution in [3.8, 4) is 0 Å². The van der Waals surface area contributed by atoms with Crippen LogP contribution in [0.15, 0.2) is 70.4 Å². The fourth-order valence-corrected chi connectivity index (χ4v) is 5.65. The third kappa shape index (κ3) is 4.83. The van der Waals surface area contributed by atoms with Crippen LogP contribution < -0.4 is 5.32 Å². The Kier molecular flexibility index (Phi) is 6.48. The number of nitrogens with one attached hydrogen (secondary N) is 1. The molecule has 1 N–H and O–H groups in total. The topological polar surface area (TPSA) is 75.4 Å². The molecule has 2 unspecified atom stereocenters. The van der Waals surface area contributed by atoms with Crippen molar-refractivity contribution < 1.29 is 8.60 Å². The Hall–Kier alpha value is -2.69. The number of nitrogens with zero attached hydrogens (tertiary/aromatic N) is 5. The Bertz CT molecular complexity index is 1280. The van der Waals surface area contributed by atoms with Crippen LogP contribution in [-0.2, 0) is 17.5 Å². The van der Waals surface area contributed by atoms with E-state index in [4.69, 9.17) is 4.98 Å². The molecule has 1 fully saturated rings. The monoisotopic (exact) mass is 528 g/mol. The average Bonchev–Trinajstić information content (AvgIpc) is 3.24. The summed E-state index contributed by atoms with van der Waals surface area (Å²) in [6.07, 6.45) is 7.17. The standard InChI is InChI=1S/C23H22BrFN6OS/c24-20-14-28-31-22(27-13-16-3-1-9-26-12-16)11-21(29-23(20)31)17-4-2-10-30(15-17)33(32)19-7-5-18(25)6-8-19/h1,3,5-9,11-12,14,17,27H,2,4,10,13,15H2. The molecule has 0 radical (unpaired) electrons. The molecule has 5 rings (SSSR count). The predicted octanol–water partition coefficient (Wildman–Crippen LogP) is 4.54. The first-order chi connectivity index (χ1) is 16.1. The number of halogens is 2. The van der Waals surface area contributed by atoms with Gasteiger partial charge in [-0.15, -0.1) is 0 Å². The summed E-state index contributed by atoms with van der Waals surface area (Å²) in [4.78, 5) is 9.66. The third-order valence-electron chi connectivity index (χ3n) is 5.70. The maximum Gasteiger partial charge on any atom is 0.171 e. The molecule has 3 aromatic heterocycles. The molecular weight excluding hydrogens is 507 g/mol. The van der Waals surface area contributed by atoms with Gasteiger partial charge in [0.05, 0.1) is 21.3 Å². The third-order valence-corrected chi connectivity index (χ3v) is 7.73. The minimum Gasteiger partial charge on any atom is -0.366 e. The fraction of sp³-hybridized carbons (Fsp3) is 0.261. The van der Waals surface area contributed by atoms with Gasteiger partial charge in [0, 0.05) is 44.0 Å². The number of pyridine rings is 1. The van der Waals surface area contributed by atoms with Crippen molar-refractivity contribution in [2.45, 2.75) is 30.2 Å². The lowest BCUT2D eigenvalue weighted by Crippen LogP contribution is -2.36. The highest BCUT2D eigenvalue weighted by Gasteiger charge is 2.27. The first kappa shape index (κ1) is 22.1. The van der Waals surface area contributed by atoms with E-state index in [1.165, 1.54) is 12.1 Å². The van der Waals surface area contributed by atoms with Gasteiger partial charge in [0.15, 0.2) is 5.65 Å². The zero-order valence-electron chi connectivity index (χ0n) is 17.7. The number of hydrogen-bond donors (Lipinski definition) is 1. The van der Waals surface area contributed by atoms with Crippen molar-refractivity contribution in [1.82, 2.24) is 23.9 Å². The Morgan fingerprint density at radius 1 is 1.21 bits per heavy atom. The first-order valence-electron chi connectivity index (χ1n) is 10.7. The predicted molar refractivity (Wildman–Crippen MR) is 129 cm³/mol. The van der Waals surface area contributed by atoms with E-state index in [2.05, 4.69) is 31.3 Å². The molecule has 10 heteroatoms. The molecule has 1 saturated heterocycles. The van der Waals surface area contributed by atoms with Crippen molar-refractivity contribution in [2.75, 3.05) is 18.4 Å². The van der Waals surface area contributed by atoms with Gasteiger partial charge in [-0.3, -0.25) is 4.98 Å². The van der Waals surface area contributed by atoms with Crippen LogP contribution in [0.25, 0.3) is 5.65 Å². The SMILES string of the molecule is O=S(c1ccc(F)cc1)N1CCCC(c2cc(NCc3cccnc3)n3ncc(Br)c3n2)C1. The lowest BCUT2D eigenvalue weighted by atomic mass is 9.96. The number of fused-ring (bicyclic) bond motifs is 1. The van der Waals surface area contributed by atoms with Gasteiger partial charge in [0.2, 0.25) is 0 Å². The van der Waals surface area contributed by atoms with E-state index in [0.29, 0.717) is 18.0 Å². The maximum absolute atomic E-state index is 13.3. The maximum atomic E-state index is 13.3. The van der Waals surface area contributed by atoms with Crippen LogP contribution in [0.2, 0.25) is 0 Å². The number of aromatic nitrogens is 4. The van der Waals surface area contributed by atoms with Gasteiger partial charge in [-0.05, 0) is 64.7 Å². The van der Waals surface area contributed by atoms with Crippen molar-refractivity contribution in [3.05, 3.63) is 82.6 Å². The normalized spacial score (nSPS) is 17.8. The smallest absolute Gasteiger partial charge is 0.171 e. The molecule has 1 aromatic carbocycles. The quantitative estimate of drug-likeness (QED) is 0.397. The van der Waals surface area contributed by atoms with E-state index in [1.54, 1.807) is 29.0 Å². The van der Waals surface area contributed by atoms with Gasteiger partial charge in [-0.2, -0.15) is 9.61 Å². The van der Waals surface area contributed by atoms with Crippen LogP contribution in [0, 0.1) is 5.82 Å². The van der Waals surface area contributed by atoms with Crippen LogP contribution in [0.1, 0.15) is 30.0 Å². The summed E-state index contributed by atoms with van der Waals surface area (Å²) in [5, 5.41) is 7.90. The average molecular weight is 529 g/mol. The van der Waals surface area contributed by atoms with E-state index in [1.807, 2.05) is 28.7 Å². The molecule has 0 spiro atoms. The van der Waals surface area contributed by atoms with Gasteiger partial charge in [0.25, 0.3) is 0 Å². The van der Waals surface area contributed by atoms with E-state index in [9.17, 15) is 8.60 Å². The zero-order valence-corrected chi connectivity index (χ0v) is 20.1. The van der Waals surface area contributed by atoms with Crippen molar-refractivity contribution >= 4 is 38.4 Å². The first-order valence-corrected chi connectivity index (χ1v) is 12.6. The lowest BCUT2D eigenvalue weighted by molar-refractivity contribution is 0.327. The highest BCUT2D eigenvalue weighted by atomic mass is 79.9. The molecule has 33 heavy (non-hydrogen) atoms. The van der Waals surface area contributed by atoms with E-state index in [0.717, 1.165) is 46.6 Å². The molecule has 4 aromatic rings. The summed E-state index contributed by atoms with van der Waals surface area (Å²) in [6.45, 7) is 1.95. The van der Waals surface area contributed by atoms with Crippen molar-refractivity contribution in [2.24, 2.45) is 0 Å². The van der Waals surface area contributed by atoms with Gasteiger partial charge < -0.3 is 5.32 Å². The molecule has 1 aliphatic heterocycles. The van der Waals surface area contributed by atoms with Crippen molar-refractivity contribution in [1.29, 1.82) is 0 Å². The Morgan fingerprint density at radius 2 is 2.06 bits per heavy atom. The Morgan fingerprint density at radius 3 is 2.85 bits per heavy atom. The van der Waals surface area contributed by atoms with Gasteiger partial charge >= 0.3 is 0 Å². The summed E-state index contributed by atoms with van der Waals surface area (Å²) in [5.41, 5.74) is 2.73. The summed E-state index contributed by atoms with van der Waals surface area (Å²) in [5.74, 6) is 0.623. The zero-order chi connectivity index (χ0) is 22.8. The largest absolute Gasteiger partial charge is 0.366 e. The number of anilines is 1. The summed E-state index contributed by atoms with van der Waals surface area (Å²) in [7, 11) is -1.34. The summed E-state index contributed by atoms with van der Waals surface area (Å²) < 4.78 is 30.9.